The highest BCUT2D eigenvalue weighted by Gasteiger charge is 2.38. The number of likely N-dealkylation sites (tertiary alicyclic amines) is 1. The van der Waals surface area contributed by atoms with Gasteiger partial charge in [0.15, 0.2) is 0 Å². The van der Waals surface area contributed by atoms with Crippen LogP contribution in [0.1, 0.15) is 42.5 Å². The maximum absolute atomic E-state index is 12.8. The van der Waals surface area contributed by atoms with Crippen molar-refractivity contribution in [3.63, 3.8) is 0 Å². The summed E-state index contributed by atoms with van der Waals surface area (Å²) in [7, 11) is 0. The molecule has 0 unspecified atom stereocenters. The second kappa shape index (κ2) is 7.82. The number of carbonyl (C=O) groups excluding carboxylic acids is 2. The number of piperidine rings is 1. The second-order valence-electron chi connectivity index (χ2n) is 6.86. The van der Waals surface area contributed by atoms with Gasteiger partial charge in [0.25, 0.3) is 5.91 Å². The first-order chi connectivity index (χ1) is 12.1. The number of primary amides is 1. The maximum atomic E-state index is 12.8. The molecule has 1 aromatic heterocycles. The summed E-state index contributed by atoms with van der Waals surface area (Å²) in [6, 6.07) is 3.55. The van der Waals surface area contributed by atoms with Crippen molar-refractivity contribution in [2.24, 2.45) is 11.1 Å². The molecular weight excluding hydrogens is 320 g/mol. The van der Waals surface area contributed by atoms with Crippen LogP contribution in [-0.2, 0) is 9.53 Å². The van der Waals surface area contributed by atoms with E-state index in [1.807, 2.05) is 4.90 Å². The molecule has 0 aromatic carbocycles. The summed E-state index contributed by atoms with van der Waals surface area (Å²) in [6.45, 7) is 2.98. The number of hydrogen-bond donors (Lipinski definition) is 2. The first-order valence-electron chi connectivity index (χ1n) is 8.98. The summed E-state index contributed by atoms with van der Waals surface area (Å²) < 4.78 is 5.36. The monoisotopic (exact) mass is 346 g/mol. The number of nitrogens with zero attached hydrogens (tertiary/aromatic N) is 2. The number of rotatable bonds is 5. The van der Waals surface area contributed by atoms with Crippen LogP contribution in [0.25, 0.3) is 0 Å². The standard InChI is InChI=1S/C18H26N4O3/c19-17(24)18(6-11-25-12-7-18)13-21-15-14(5-4-8-20-15)16(23)22-9-2-1-3-10-22/h4-5,8H,1-3,6-7,9-13H2,(H2,19,24)(H,20,21). The van der Waals surface area contributed by atoms with Crippen molar-refractivity contribution in [3.8, 4) is 0 Å². The van der Waals surface area contributed by atoms with Crippen LogP contribution in [0.5, 0.6) is 0 Å². The highest BCUT2D eigenvalue weighted by atomic mass is 16.5. The van der Waals surface area contributed by atoms with Crippen LogP contribution in [0.2, 0.25) is 0 Å². The average molecular weight is 346 g/mol. The van der Waals surface area contributed by atoms with Crippen molar-refractivity contribution < 1.29 is 14.3 Å². The molecule has 3 heterocycles. The minimum Gasteiger partial charge on any atom is -0.381 e. The molecule has 3 rings (SSSR count). The van der Waals surface area contributed by atoms with Crippen molar-refractivity contribution in [3.05, 3.63) is 23.9 Å². The lowest BCUT2D eigenvalue weighted by Gasteiger charge is -2.34. The second-order valence-corrected chi connectivity index (χ2v) is 6.86. The summed E-state index contributed by atoms with van der Waals surface area (Å²) in [5.74, 6) is 0.184. The number of nitrogens with two attached hydrogens (primary N) is 1. The molecule has 2 fully saturated rings. The molecule has 7 heteroatoms. The number of ether oxygens (including phenoxy) is 1. The number of nitrogens with one attached hydrogen (secondary N) is 1. The van der Waals surface area contributed by atoms with Crippen molar-refractivity contribution in [1.82, 2.24) is 9.88 Å². The molecule has 136 valence electrons. The molecule has 0 spiro atoms. The Kier molecular flexibility index (Phi) is 5.53. The van der Waals surface area contributed by atoms with Gasteiger partial charge in [-0.05, 0) is 44.2 Å². The molecular formula is C18H26N4O3. The van der Waals surface area contributed by atoms with Crippen LogP contribution in [0.15, 0.2) is 18.3 Å². The van der Waals surface area contributed by atoms with Crippen LogP contribution in [0.4, 0.5) is 5.82 Å². The molecule has 1 aromatic rings. The van der Waals surface area contributed by atoms with Crippen LogP contribution in [0.3, 0.4) is 0 Å². The van der Waals surface area contributed by atoms with Gasteiger partial charge in [0.1, 0.15) is 5.82 Å². The Bertz CT molecular complexity index is 623. The van der Waals surface area contributed by atoms with Gasteiger partial charge in [-0.25, -0.2) is 4.98 Å². The topological polar surface area (TPSA) is 97.6 Å². The van der Waals surface area contributed by atoms with E-state index in [9.17, 15) is 9.59 Å². The lowest BCUT2D eigenvalue weighted by atomic mass is 9.79. The zero-order valence-corrected chi connectivity index (χ0v) is 14.5. The van der Waals surface area contributed by atoms with Gasteiger partial charge < -0.3 is 20.7 Å². The molecule has 2 saturated heterocycles. The normalized spacial score (nSPS) is 20.1. The third-order valence-electron chi connectivity index (χ3n) is 5.25. The molecule has 2 aliphatic heterocycles. The number of amides is 2. The predicted molar refractivity (Wildman–Crippen MR) is 94.2 cm³/mol. The first kappa shape index (κ1) is 17.7. The lowest BCUT2D eigenvalue weighted by Crippen LogP contribution is -2.46. The molecule has 0 bridgehead atoms. The van der Waals surface area contributed by atoms with Crippen LogP contribution in [-0.4, -0.2) is 54.5 Å². The molecule has 0 radical (unpaired) electrons. The third kappa shape index (κ3) is 3.92. The molecule has 3 N–H and O–H groups in total. The van der Waals surface area contributed by atoms with Crippen LogP contribution in [0, 0.1) is 5.41 Å². The Labute approximate surface area is 147 Å². The highest BCUT2D eigenvalue weighted by Crippen LogP contribution is 2.31. The Morgan fingerprint density at radius 1 is 1.24 bits per heavy atom. The summed E-state index contributed by atoms with van der Waals surface area (Å²) >= 11 is 0. The predicted octanol–water partition coefficient (Wildman–Crippen LogP) is 1.40. The van der Waals surface area contributed by atoms with Gasteiger partial charge in [0.05, 0.1) is 11.0 Å². The van der Waals surface area contributed by atoms with Gasteiger partial charge in [-0.3, -0.25) is 9.59 Å². The average Bonchev–Trinajstić information content (AvgIpc) is 2.67. The summed E-state index contributed by atoms with van der Waals surface area (Å²) in [4.78, 5) is 31.0. The summed E-state index contributed by atoms with van der Waals surface area (Å²) in [6.07, 6.45) is 6.07. The molecule has 25 heavy (non-hydrogen) atoms. The fraction of sp³-hybridized carbons (Fsp3) is 0.611. The third-order valence-corrected chi connectivity index (χ3v) is 5.25. The highest BCUT2D eigenvalue weighted by molar-refractivity contribution is 5.98. The molecule has 2 aliphatic rings. The smallest absolute Gasteiger partial charge is 0.257 e. The van der Waals surface area contributed by atoms with Crippen molar-refractivity contribution in [2.45, 2.75) is 32.1 Å². The SMILES string of the molecule is NC(=O)C1(CNc2ncccc2C(=O)N2CCCCC2)CCOCC1. The van der Waals surface area contributed by atoms with E-state index in [0.717, 1.165) is 25.9 Å². The first-order valence-corrected chi connectivity index (χ1v) is 8.98. The van der Waals surface area contributed by atoms with Gasteiger partial charge >= 0.3 is 0 Å². The summed E-state index contributed by atoms with van der Waals surface area (Å²) in [5, 5.41) is 3.21. The Hall–Kier alpha value is -2.15. The lowest BCUT2D eigenvalue weighted by molar-refractivity contribution is -0.132. The fourth-order valence-electron chi connectivity index (χ4n) is 3.51. The fourth-order valence-corrected chi connectivity index (χ4v) is 3.51. The molecule has 7 nitrogen and oxygen atoms in total. The Morgan fingerprint density at radius 2 is 1.96 bits per heavy atom. The van der Waals surface area contributed by atoms with E-state index < -0.39 is 5.41 Å². The molecule has 0 aliphatic carbocycles. The molecule has 2 amide bonds. The van der Waals surface area contributed by atoms with E-state index >= 15 is 0 Å². The van der Waals surface area contributed by atoms with E-state index in [1.54, 1.807) is 18.3 Å². The Balaban J connectivity index is 1.74. The van der Waals surface area contributed by atoms with Crippen LogP contribution < -0.4 is 11.1 Å². The number of aromatic nitrogens is 1. The summed E-state index contributed by atoms with van der Waals surface area (Å²) in [5.41, 5.74) is 5.55. The zero-order chi connectivity index (χ0) is 17.7. The van der Waals surface area contributed by atoms with E-state index in [4.69, 9.17) is 10.5 Å². The number of anilines is 1. The van der Waals surface area contributed by atoms with Gasteiger partial charge in [-0.2, -0.15) is 0 Å². The van der Waals surface area contributed by atoms with Gasteiger partial charge in [0.2, 0.25) is 5.91 Å². The molecule has 0 saturated carbocycles. The van der Waals surface area contributed by atoms with E-state index in [2.05, 4.69) is 10.3 Å². The van der Waals surface area contributed by atoms with Crippen LogP contribution >= 0.6 is 0 Å². The minimum atomic E-state index is -0.652. The largest absolute Gasteiger partial charge is 0.381 e. The number of carbonyl (C=O) groups is 2. The number of pyridine rings is 1. The quantitative estimate of drug-likeness (QED) is 0.840. The van der Waals surface area contributed by atoms with Gasteiger partial charge in [-0.1, -0.05) is 0 Å². The maximum Gasteiger partial charge on any atom is 0.257 e. The van der Waals surface area contributed by atoms with Crippen molar-refractivity contribution in [2.75, 3.05) is 38.2 Å². The van der Waals surface area contributed by atoms with E-state index in [-0.39, 0.29) is 11.8 Å². The van der Waals surface area contributed by atoms with Crippen molar-refractivity contribution in [1.29, 1.82) is 0 Å². The van der Waals surface area contributed by atoms with Gasteiger partial charge in [-0.15, -0.1) is 0 Å². The van der Waals surface area contributed by atoms with E-state index in [1.165, 1.54) is 6.42 Å². The molecule has 0 atom stereocenters. The van der Waals surface area contributed by atoms with Gasteiger partial charge in [0, 0.05) is 39.0 Å². The zero-order valence-electron chi connectivity index (χ0n) is 14.5. The number of hydrogen-bond acceptors (Lipinski definition) is 5. The van der Waals surface area contributed by atoms with E-state index in [0.29, 0.717) is 44.0 Å². The Morgan fingerprint density at radius 3 is 2.64 bits per heavy atom. The minimum absolute atomic E-state index is 0.00426. The van der Waals surface area contributed by atoms with Crippen molar-refractivity contribution >= 4 is 17.6 Å².